The van der Waals surface area contributed by atoms with Gasteiger partial charge in [0.2, 0.25) is 0 Å². The Morgan fingerprint density at radius 2 is 2.27 bits per heavy atom. The van der Waals surface area contributed by atoms with Gasteiger partial charge in [-0.1, -0.05) is 18.3 Å². The topological polar surface area (TPSA) is 59.3 Å². The van der Waals surface area contributed by atoms with Crippen molar-refractivity contribution in [3.05, 3.63) is 20.6 Å². The van der Waals surface area contributed by atoms with Crippen molar-refractivity contribution in [3.8, 4) is 0 Å². The molecular weight excluding hydrogens is 234 g/mol. The fourth-order valence-electron chi connectivity index (χ4n) is 1.38. The SMILES string of the molecule is CCCn1c(=O)sc2cc(C(=O)O)sc21. The molecule has 80 valence electrons. The first-order chi connectivity index (χ1) is 7.13. The number of fused-ring (bicyclic) bond motifs is 1. The summed E-state index contributed by atoms with van der Waals surface area (Å²) < 4.78 is 2.42. The summed E-state index contributed by atoms with van der Waals surface area (Å²) in [5.41, 5.74) is 0. The van der Waals surface area contributed by atoms with Gasteiger partial charge in [0.15, 0.2) is 0 Å². The van der Waals surface area contributed by atoms with E-state index in [0.717, 1.165) is 27.3 Å². The lowest BCUT2D eigenvalue weighted by Crippen LogP contribution is -2.11. The van der Waals surface area contributed by atoms with Crippen molar-refractivity contribution < 1.29 is 9.90 Å². The number of hydrogen-bond donors (Lipinski definition) is 1. The number of thiophene rings is 1. The van der Waals surface area contributed by atoms with Gasteiger partial charge >= 0.3 is 10.8 Å². The largest absolute Gasteiger partial charge is 0.477 e. The quantitative estimate of drug-likeness (QED) is 0.899. The maximum absolute atomic E-state index is 11.5. The molecule has 0 spiro atoms. The zero-order chi connectivity index (χ0) is 11.0. The van der Waals surface area contributed by atoms with Gasteiger partial charge in [0.25, 0.3) is 0 Å². The maximum Gasteiger partial charge on any atom is 0.345 e. The number of carboxylic acid groups (broad SMARTS) is 1. The number of thiazole rings is 1. The molecule has 0 bridgehead atoms. The van der Waals surface area contributed by atoms with Crippen molar-refractivity contribution in [1.29, 1.82) is 0 Å². The summed E-state index contributed by atoms with van der Waals surface area (Å²) in [5, 5.41) is 8.82. The minimum absolute atomic E-state index is 0.00459. The third-order valence-electron chi connectivity index (χ3n) is 2.00. The fraction of sp³-hybridized carbons (Fsp3) is 0.333. The molecular formula is C9H9NO3S2. The average Bonchev–Trinajstić information content (AvgIpc) is 2.67. The summed E-state index contributed by atoms with van der Waals surface area (Å²) in [6.07, 6.45) is 0.867. The van der Waals surface area contributed by atoms with E-state index in [9.17, 15) is 9.59 Å². The lowest BCUT2D eigenvalue weighted by atomic mass is 10.4. The molecule has 4 nitrogen and oxygen atoms in total. The van der Waals surface area contributed by atoms with Crippen LogP contribution in [0.25, 0.3) is 9.53 Å². The molecule has 0 unspecified atom stereocenters. The lowest BCUT2D eigenvalue weighted by molar-refractivity contribution is 0.0702. The molecule has 0 radical (unpaired) electrons. The highest BCUT2D eigenvalue weighted by molar-refractivity contribution is 7.27. The Hall–Kier alpha value is -1.14. The zero-order valence-electron chi connectivity index (χ0n) is 8.02. The van der Waals surface area contributed by atoms with Crippen LogP contribution >= 0.6 is 22.7 Å². The van der Waals surface area contributed by atoms with E-state index in [1.54, 1.807) is 10.6 Å². The number of aryl methyl sites for hydroxylation is 1. The van der Waals surface area contributed by atoms with Gasteiger partial charge in [-0.2, -0.15) is 0 Å². The summed E-state index contributed by atoms with van der Waals surface area (Å²) >= 11 is 2.28. The standard InChI is InChI=1S/C9H9NO3S2/c1-2-3-10-7-5(15-9(10)13)4-6(14-7)8(11)12/h4H,2-3H2,1H3,(H,11,12). The van der Waals surface area contributed by atoms with E-state index in [-0.39, 0.29) is 4.87 Å². The van der Waals surface area contributed by atoms with E-state index in [1.165, 1.54) is 11.3 Å². The molecule has 0 amide bonds. The summed E-state index contributed by atoms with van der Waals surface area (Å²) in [5.74, 6) is -0.932. The molecule has 0 aliphatic carbocycles. The minimum Gasteiger partial charge on any atom is -0.477 e. The Morgan fingerprint density at radius 3 is 2.87 bits per heavy atom. The summed E-state index contributed by atoms with van der Waals surface area (Å²) in [4.78, 5) is 23.3. The third-order valence-corrected chi connectivity index (χ3v) is 4.20. The van der Waals surface area contributed by atoms with Crippen LogP contribution < -0.4 is 4.87 Å². The van der Waals surface area contributed by atoms with Crippen LogP contribution in [0.1, 0.15) is 23.0 Å². The second kappa shape index (κ2) is 3.79. The molecule has 6 heteroatoms. The van der Waals surface area contributed by atoms with Gasteiger partial charge in [0.05, 0.1) is 4.70 Å². The van der Waals surface area contributed by atoms with Crippen LogP contribution in [0.3, 0.4) is 0 Å². The molecule has 0 saturated carbocycles. The van der Waals surface area contributed by atoms with Crippen LogP contribution in [0, 0.1) is 0 Å². The first-order valence-corrected chi connectivity index (χ1v) is 6.13. The van der Waals surface area contributed by atoms with Crippen molar-refractivity contribution in [2.24, 2.45) is 0 Å². The highest BCUT2D eigenvalue weighted by Gasteiger charge is 2.14. The summed E-state index contributed by atoms with van der Waals surface area (Å²) in [7, 11) is 0. The smallest absolute Gasteiger partial charge is 0.345 e. The number of hydrogen-bond acceptors (Lipinski definition) is 4. The van der Waals surface area contributed by atoms with Crippen LogP contribution in [0.5, 0.6) is 0 Å². The van der Waals surface area contributed by atoms with Gasteiger partial charge < -0.3 is 5.11 Å². The monoisotopic (exact) mass is 243 g/mol. The normalized spacial score (nSPS) is 11.0. The zero-order valence-corrected chi connectivity index (χ0v) is 9.65. The van der Waals surface area contributed by atoms with Crippen LogP contribution in [0.15, 0.2) is 10.9 Å². The predicted molar refractivity (Wildman–Crippen MR) is 61.2 cm³/mol. The van der Waals surface area contributed by atoms with Crippen molar-refractivity contribution >= 4 is 38.2 Å². The van der Waals surface area contributed by atoms with Gasteiger partial charge in [0, 0.05) is 6.54 Å². The molecule has 2 rings (SSSR count). The Kier molecular flexibility index (Phi) is 2.62. The van der Waals surface area contributed by atoms with Crippen LogP contribution in [0.2, 0.25) is 0 Å². The number of nitrogens with zero attached hydrogens (tertiary/aromatic N) is 1. The number of carboxylic acids is 1. The fourth-order valence-corrected chi connectivity index (χ4v) is 3.53. The number of aromatic nitrogens is 1. The number of aromatic carboxylic acids is 1. The Morgan fingerprint density at radius 1 is 1.53 bits per heavy atom. The van der Waals surface area contributed by atoms with Crippen LogP contribution in [0.4, 0.5) is 0 Å². The van der Waals surface area contributed by atoms with E-state index in [0.29, 0.717) is 11.4 Å². The highest BCUT2D eigenvalue weighted by atomic mass is 32.1. The van der Waals surface area contributed by atoms with Gasteiger partial charge in [-0.15, -0.1) is 11.3 Å². The number of rotatable bonds is 3. The predicted octanol–water partition coefficient (Wildman–Crippen LogP) is 2.23. The van der Waals surface area contributed by atoms with Gasteiger partial charge in [-0.25, -0.2) is 4.79 Å². The van der Waals surface area contributed by atoms with Crippen LogP contribution in [-0.4, -0.2) is 15.6 Å². The first kappa shape index (κ1) is 10.4. The molecule has 0 saturated heterocycles. The minimum atomic E-state index is -0.932. The molecule has 2 aromatic rings. The Balaban J connectivity index is 2.63. The molecule has 0 aromatic carbocycles. The van der Waals surface area contributed by atoms with E-state index in [2.05, 4.69) is 0 Å². The molecule has 0 aliphatic rings. The molecule has 0 atom stereocenters. The molecule has 0 fully saturated rings. The first-order valence-electron chi connectivity index (χ1n) is 4.50. The van der Waals surface area contributed by atoms with Gasteiger partial charge in [-0.05, 0) is 12.5 Å². The summed E-state index contributed by atoms with van der Waals surface area (Å²) in [6, 6.07) is 1.57. The lowest BCUT2D eigenvalue weighted by Gasteiger charge is -1.96. The van der Waals surface area contributed by atoms with E-state index >= 15 is 0 Å². The van der Waals surface area contributed by atoms with Gasteiger partial charge in [-0.3, -0.25) is 9.36 Å². The average molecular weight is 243 g/mol. The van der Waals surface area contributed by atoms with E-state index in [1.807, 2.05) is 6.92 Å². The Bertz CT molecular complexity index is 563. The molecule has 2 heterocycles. The Labute approximate surface area is 93.4 Å². The van der Waals surface area contributed by atoms with Gasteiger partial charge in [0.1, 0.15) is 9.71 Å². The maximum atomic E-state index is 11.5. The highest BCUT2D eigenvalue weighted by Crippen LogP contribution is 2.27. The molecule has 15 heavy (non-hydrogen) atoms. The summed E-state index contributed by atoms with van der Waals surface area (Å²) in [6.45, 7) is 2.64. The van der Waals surface area contributed by atoms with Crippen molar-refractivity contribution in [1.82, 2.24) is 4.57 Å². The third kappa shape index (κ3) is 1.70. The van der Waals surface area contributed by atoms with Crippen molar-refractivity contribution in [2.45, 2.75) is 19.9 Å². The van der Waals surface area contributed by atoms with Crippen LogP contribution in [-0.2, 0) is 6.54 Å². The van der Waals surface area contributed by atoms with Crippen molar-refractivity contribution in [3.63, 3.8) is 0 Å². The molecule has 0 aliphatic heterocycles. The molecule has 2 aromatic heterocycles. The van der Waals surface area contributed by atoms with E-state index < -0.39 is 5.97 Å². The molecule has 1 N–H and O–H groups in total. The van der Waals surface area contributed by atoms with E-state index in [4.69, 9.17) is 5.11 Å². The second-order valence-corrected chi connectivity index (χ2v) is 5.13. The number of carbonyl (C=O) groups is 1. The van der Waals surface area contributed by atoms with Crippen molar-refractivity contribution in [2.75, 3.05) is 0 Å². The second-order valence-electron chi connectivity index (χ2n) is 3.10.